The van der Waals surface area contributed by atoms with Gasteiger partial charge >= 0.3 is 0 Å². The summed E-state index contributed by atoms with van der Waals surface area (Å²) < 4.78 is 11.8. The molecule has 0 bridgehead atoms. The second-order valence-corrected chi connectivity index (χ2v) is 9.55. The third-order valence-corrected chi connectivity index (χ3v) is 7.10. The molecule has 2 unspecified atom stereocenters. The zero-order valence-corrected chi connectivity index (χ0v) is 19.3. The SMILES string of the molecule is CCC1CCCNC(=O)[C@H](C)C(O[C@@H]2O[C@@H](C)[C@@H](O)[C@@H](N)[C@H]2O)CC[C@H](C)CCC1. The molecule has 0 saturated carbocycles. The average Bonchev–Trinajstić information content (AvgIpc) is 2.73. The fourth-order valence-electron chi connectivity index (χ4n) is 4.62. The van der Waals surface area contributed by atoms with E-state index in [0.29, 0.717) is 18.9 Å². The lowest BCUT2D eigenvalue weighted by Crippen LogP contribution is -2.62. The van der Waals surface area contributed by atoms with Crippen molar-refractivity contribution in [1.82, 2.24) is 5.32 Å². The van der Waals surface area contributed by atoms with E-state index in [1.54, 1.807) is 6.92 Å². The van der Waals surface area contributed by atoms with Crippen LogP contribution in [-0.2, 0) is 14.3 Å². The first kappa shape index (κ1) is 25.5. The molecule has 0 spiro atoms. The Morgan fingerprint density at radius 2 is 1.77 bits per heavy atom. The van der Waals surface area contributed by atoms with E-state index in [4.69, 9.17) is 15.2 Å². The first-order chi connectivity index (χ1) is 14.2. The highest BCUT2D eigenvalue weighted by Gasteiger charge is 2.43. The molecule has 0 aromatic rings. The van der Waals surface area contributed by atoms with E-state index in [9.17, 15) is 15.0 Å². The number of aliphatic hydroxyl groups excluding tert-OH is 2. The summed E-state index contributed by atoms with van der Waals surface area (Å²) in [4.78, 5) is 12.8. The van der Waals surface area contributed by atoms with Crippen LogP contribution in [0, 0.1) is 17.8 Å². The van der Waals surface area contributed by atoms with Crippen molar-refractivity contribution in [2.24, 2.45) is 23.5 Å². The minimum atomic E-state index is -1.14. The van der Waals surface area contributed by atoms with Crippen molar-refractivity contribution in [2.75, 3.05) is 6.54 Å². The maximum absolute atomic E-state index is 12.8. The molecule has 1 amide bonds. The largest absolute Gasteiger partial charge is 0.389 e. The maximum Gasteiger partial charge on any atom is 0.225 e. The smallest absolute Gasteiger partial charge is 0.225 e. The Kier molecular flexibility index (Phi) is 10.5. The molecule has 2 aliphatic rings. The van der Waals surface area contributed by atoms with Crippen molar-refractivity contribution in [3.8, 4) is 0 Å². The van der Waals surface area contributed by atoms with Gasteiger partial charge < -0.3 is 30.7 Å². The van der Waals surface area contributed by atoms with Gasteiger partial charge in [-0.15, -0.1) is 0 Å². The van der Waals surface area contributed by atoms with Gasteiger partial charge in [-0.3, -0.25) is 4.79 Å². The Morgan fingerprint density at radius 3 is 2.47 bits per heavy atom. The van der Waals surface area contributed by atoms with Crippen molar-refractivity contribution in [1.29, 1.82) is 0 Å². The molecule has 2 saturated heterocycles. The van der Waals surface area contributed by atoms with Gasteiger partial charge in [-0.2, -0.15) is 0 Å². The summed E-state index contributed by atoms with van der Waals surface area (Å²) in [5.74, 6) is 0.903. The number of nitrogens with one attached hydrogen (secondary N) is 1. The molecule has 2 fully saturated rings. The molecule has 2 aliphatic heterocycles. The highest BCUT2D eigenvalue weighted by molar-refractivity contribution is 5.78. The van der Waals surface area contributed by atoms with Crippen molar-refractivity contribution in [3.63, 3.8) is 0 Å². The van der Waals surface area contributed by atoms with Gasteiger partial charge in [0.1, 0.15) is 6.10 Å². The van der Waals surface area contributed by atoms with Crippen molar-refractivity contribution < 1.29 is 24.5 Å². The summed E-state index contributed by atoms with van der Waals surface area (Å²) >= 11 is 0. The van der Waals surface area contributed by atoms with Crippen LogP contribution < -0.4 is 11.1 Å². The highest BCUT2D eigenvalue weighted by atomic mass is 16.7. The van der Waals surface area contributed by atoms with Crippen LogP contribution in [-0.4, -0.2) is 59.4 Å². The first-order valence-corrected chi connectivity index (χ1v) is 11.9. The predicted molar refractivity (Wildman–Crippen MR) is 117 cm³/mol. The number of ether oxygens (including phenoxy) is 2. The van der Waals surface area contributed by atoms with E-state index in [2.05, 4.69) is 19.2 Å². The molecule has 176 valence electrons. The molecule has 2 rings (SSSR count). The summed E-state index contributed by atoms with van der Waals surface area (Å²) in [6.07, 6.45) is 4.73. The molecule has 9 atom stereocenters. The number of nitrogens with two attached hydrogens (primary N) is 1. The molecule has 7 heteroatoms. The highest BCUT2D eigenvalue weighted by Crippen LogP contribution is 2.28. The first-order valence-electron chi connectivity index (χ1n) is 11.9. The van der Waals surface area contributed by atoms with Crippen LogP contribution in [0.25, 0.3) is 0 Å². The van der Waals surface area contributed by atoms with Crippen LogP contribution in [0.5, 0.6) is 0 Å². The van der Waals surface area contributed by atoms with Crippen molar-refractivity contribution >= 4 is 5.91 Å². The van der Waals surface area contributed by atoms with Gasteiger partial charge in [0.25, 0.3) is 0 Å². The van der Waals surface area contributed by atoms with E-state index in [1.807, 2.05) is 6.92 Å². The van der Waals surface area contributed by atoms with Gasteiger partial charge in [0.2, 0.25) is 5.91 Å². The van der Waals surface area contributed by atoms with Gasteiger partial charge in [0, 0.05) is 6.54 Å². The Bertz CT molecular complexity index is 520. The van der Waals surface area contributed by atoms with Crippen LogP contribution in [0.2, 0.25) is 0 Å². The normalized spacial score (nSPS) is 42.9. The Labute approximate surface area is 182 Å². The molecular weight excluding hydrogens is 384 g/mol. The van der Waals surface area contributed by atoms with E-state index < -0.39 is 30.6 Å². The zero-order chi connectivity index (χ0) is 22.3. The zero-order valence-electron chi connectivity index (χ0n) is 19.3. The molecular formula is C23H44N2O5. The van der Waals surface area contributed by atoms with Crippen LogP contribution in [0.3, 0.4) is 0 Å². The Balaban J connectivity index is 2.05. The number of aliphatic hydroxyl groups is 2. The van der Waals surface area contributed by atoms with Gasteiger partial charge in [-0.25, -0.2) is 0 Å². The number of amides is 1. The van der Waals surface area contributed by atoms with Crippen molar-refractivity contribution in [3.05, 3.63) is 0 Å². The summed E-state index contributed by atoms with van der Waals surface area (Å²) in [7, 11) is 0. The topological polar surface area (TPSA) is 114 Å². The quantitative estimate of drug-likeness (QED) is 0.549. The summed E-state index contributed by atoms with van der Waals surface area (Å²) in [5.41, 5.74) is 5.95. The van der Waals surface area contributed by atoms with Crippen LogP contribution >= 0.6 is 0 Å². The summed E-state index contributed by atoms with van der Waals surface area (Å²) in [6.45, 7) is 8.78. The van der Waals surface area contributed by atoms with E-state index in [0.717, 1.165) is 25.2 Å². The maximum atomic E-state index is 12.8. The van der Waals surface area contributed by atoms with Gasteiger partial charge in [0.15, 0.2) is 6.29 Å². The molecule has 2 heterocycles. The van der Waals surface area contributed by atoms with E-state index in [1.165, 1.54) is 25.7 Å². The third kappa shape index (κ3) is 7.16. The lowest BCUT2D eigenvalue weighted by atomic mass is 9.88. The summed E-state index contributed by atoms with van der Waals surface area (Å²) in [5, 5.41) is 23.5. The van der Waals surface area contributed by atoms with Crippen molar-refractivity contribution in [2.45, 2.75) is 116 Å². The molecule has 5 N–H and O–H groups in total. The monoisotopic (exact) mass is 428 g/mol. The fourth-order valence-corrected chi connectivity index (χ4v) is 4.62. The minimum absolute atomic E-state index is 0.0274. The number of carbonyl (C=O) groups excluding carboxylic acids is 1. The summed E-state index contributed by atoms with van der Waals surface area (Å²) in [6, 6.07) is -0.841. The fraction of sp³-hybridized carbons (Fsp3) is 0.957. The van der Waals surface area contributed by atoms with Crippen LogP contribution in [0.4, 0.5) is 0 Å². The molecule has 0 aromatic carbocycles. The molecule has 0 aromatic heterocycles. The predicted octanol–water partition coefficient (Wildman–Crippen LogP) is 2.32. The third-order valence-electron chi connectivity index (χ3n) is 7.10. The van der Waals surface area contributed by atoms with Gasteiger partial charge in [-0.05, 0) is 44.4 Å². The lowest BCUT2D eigenvalue weighted by molar-refractivity contribution is -0.284. The van der Waals surface area contributed by atoms with E-state index >= 15 is 0 Å². The second kappa shape index (κ2) is 12.3. The molecule has 0 radical (unpaired) electrons. The minimum Gasteiger partial charge on any atom is -0.389 e. The molecule has 7 nitrogen and oxygen atoms in total. The van der Waals surface area contributed by atoms with Gasteiger partial charge in [-0.1, -0.05) is 46.5 Å². The van der Waals surface area contributed by atoms with Gasteiger partial charge in [0.05, 0.1) is 30.3 Å². The number of carbonyl (C=O) groups is 1. The number of hydrogen-bond acceptors (Lipinski definition) is 6. The lowest BCUT2D eigenvalue weighted by Gasteiger charge is -2.41. The second-order valence-electron chi connectivity index (χ2n) is 9.55. The van der Waals surface area contributed by atoms with Crippen LogP contribution in [0.1, 0.15) is 79.1 Å². The van der Waals surface area contributed by atoms with Crippen LogP contribution in [0.15, 0.2) is 0 Å². The molecule has 0 aliphatic carbocycles. The van der Waals surface area contributed by atoms with E-state index in [-0.39, 0.29) is 17.9 Å². The Hall–Kier alpha value is -0.730. The average molecular weight is 429 g/mol. The standard InChI is InChI=1S/C23H44N2O5/c1-5-17-9-6-8-14(2)11-12-18(15(3)22(28)25-13-7-10-17)30-23-21(27)19(24)20(26)16(4)29-23/h14-21,23,26-27H,5-13,24H2,1-4H3,(H,25,28)/t14-,15-,16+,17?,18?,19-,20-,21-,23+/m1/s1. The Morgan fingerprint density at radius 1 is 1.07 bits per heavy atom. The number of rotatable bonds is 3. The molecule has 30 heavy (non-hydrogen) atoms. The number of hydrogen-bond donors (Lipinski definition) is 4.